The second-order valence-corrected chi connectivity index (χ2v) is 10.5. The highest BCUT2D eigenvalue weighted by Gasteiger charge is 2.30. The Morgan fingerprint density at radius 3 is 1.30 bits per heavy atom. The molecule has 0 aromatic heterocycles. The minimum Gasteiger partial charge on any atom is -0.166 e. The summed E-state index contributed by atoms with van der Waals surface area (Å²) in [5.74, 6) is 0. The highest BCUT2D eigenvalue weighted by Crippen LogP contribution is 2.43. The third-order valence-electron chi connectivity index (χ3n) is 8.14. The lowest BCUT2D eigenvalue weighted by atomic mass is 9.87. The molecule has 0 nitrogen and oxygen atoms in total. The number of halogens is 3. The van der Waals surface area contributed by atoms with Gasteiger partial charge in [-0.05, 0) is 119 Å². The summed E-state index contributed by atoms with van der Waals surface area (Å²) in [6.07, 6.45) is -4.34. The van der Waals surface area contributed by atoms with Crippen LogP contribution < -0.4 is 0 Å². The Balaban J connectivity index is 1.34. The molecule has 0 amide bonds. The van der Waals surface area contributed by atoms with E-state index in [1.165, 1.54) is 54.2 Å². The summed E-state index contributed by atoms with van der Waals surface area (Å²) in [7, 11) is 0. The first kappa shape index (κ1) is 23.0. The zero-order valence-electron chi connectivity index (χ0n) is 21.3. The van der Waals surface area contributed by atoms with Crippen LogP contribution >= 0.6 is 0 Å². The van der Waals surface area contributed by atoms with Gasteiger partial charge in [0.15, 0.2) is 0 Å². The fourth-order valence-corrected chi connectivity index (χ4v) is 6.33. The molecule has 0 fully saturated rings. The minimum atomic E-state index is -4.34. The Kier molecular flexibility index (Phi) is 4.78. The number of fused-ring (bicyclic) bond motifs is 2. The number of benzene rings is 8. The molecule has 0 unspecified atom stereocenters. The van der Waals surface area contributed by atoms with E-state index in [9.17, 15) is 13.2 Å². The van der Waals surface area contributed by atoms with E-state index in [-0.39, 0.29) is 0 Å². The maximum atomic E-state index is 13.1. The van der Waals surface area contributed by atoms with E-state index in [0.29, 0.717) is 0 Å². The molecule has 8 aromatic carbocycles. The molecule has 0 N–H and O–H groups in total. The smallest absolute Gasteiger partial charge is 0.166 e. The molecule has 0 saturated heterocycles. The van der Waals surface area contributed by atoms with E-state index in [0.717, 1.165) is 34.0 Å². The van der Waals surface area contributed by atoms with Crippen molar-refractivity contribution in [3.63, 3.8) is 0 Å². The Labute approximate surface area is 228 Å². The van der Waals surface area contributed by atoms with Crippen LogP contribution in [-0.2, 0) is 6.18 Å². The van der Waals surface area contributed by atoms with Crippen molar-refractivity contribution in [3.8, 4) is 22.3 Å². The van der Waals surface area contributed by atoms with Crippen molar-refractivity contribution in [1.82, 2.24) is 0 Å². The Morgan fingerprint density at radius 2 is 0.825 bits per heavy atom. The normalized spacial score (nSPS) is 12.4. The van der Waals surface area contributed by atoms with Gasteiger partial charge in [0.25, 0.3) is 0 Å². The van der Waals surface area contributed by atoms with Gasteiger partial charge in [-0.2, -0.15) is 13.2 Å². The van der Waals surface area contributed by atoms with Crippen molar-refractivity contribution in [2.24, 2.45) is 0 Å². The lowest BCUT2D eigenvalue weighted by Crippen LogP contribution is -2.03. The first-order valence-corrected chi connectivity index (χ1v) is 13.3. The minimum absolute atomic E-state index is 0.635. The van der Waals surface area contributed by atoms with Crippen LogP contribution in [0.5, 0.6) is 0 Å². The monoisotopic (exact) mass is 522 g/mol. The highest BCUT2D eigenvalue weighted by atomic mass is 19.4. The Morgan fingerprint density at radius 1 is 0.375 bits per heavy atom. The summed E-state index contributed by atoms with van der Waals surface area (Å²) in [6.45, 7) is 0. The highest BCUT2D eigenvalue weighted by molar-refractivity contribution is 6.25. The summed E-state index contributed by atoms with van der Waals surface area (Å²) in [6, 6.07) is 42.1. The molecule has 0 aliphatic heterocycles. The zero-order chi connectivity index (χ0) is 27.0. The summed E-state index contributed by atoms with van der Waals surface area (Å²) in [5, 5.41) is 11.8. The molecule has 40 heavy (non-hydrogen) atoms. The lowest BCUT2D eigenvalue weighted by Gasteiger charge is -2.17. The van der Waals surface area contributed by atoms with Crippen molar-refractivity contribution in [1.29, 1.82) is 0 Å². The molecule has 0 spiro atoms. The topological polar surface area (TPSA) is 0 Å². The van der Waals surface area contributed by atoms with Crippen LogP contribution in [0, 0.1) is 0 Å². The molecule has 0 aliphatic carbocycles. The lowest BCUT2D eigenvalue weighted by molar-refractivity contribution is -0.137. The largest absolute Gasteiger partial charge is 0.416 e. The van der Waals surface area contributed by atoms with E-state index in [2.05, 4.69) is 103 Å². The van der Waals surface area contributed by atoms with Gasteiger partial charge in [-0.1, -0.05) is 84.9 Å². The van der Waals surface area contributed by atoms with Gasteiger partial charge < -0.3 is 0 Å². The Hall–Kier alpha value is -4.89. The number of hydrogen-bond donors (Lipinski definition) is 0. The van der Waals surface area contributed by atoms with Gasteiger partial charge >= 0.3 is 6.18 Å². The first-order valence-electron chi connectivity index (χ1n) is 13.3. The van der Waals surface area contributed by atoms with Gasteiger partial charge in [0.2, 0.25) is 0 Å². The molecule has 0 saturated carbocycles. The standard InChI is InChI=1S/C37H21F3/c38-37(39,40)31-15-13-22(14-16-31)29-18-25-9-11-27-20-30(21-28-12-10-26(19-29)34(25)35(27)28)36-32-7-3-1-5-23(32)17-24-6-2-4-8-33(24)36/h1-21H. The van der Waals surface area contributed by atoms with Crippen LogP contribution in [-0.4, -0.2) is 0 Å². The van der Waals surface area contributed by atoms with Gasteiger partial charge in [-0.3, -0.25) is 0 Å². The van der Waals surface area contributed by atoms with Crippen LogP contribution in [0.15, 0.2) is 127 Å². The molecule has 0 bridgehead atoms. The molecule has 8 rings (SSSR count). The van der Waals surface area contributed by atoms with E-state index in [1.54, 1.807) is 12.1 Å². The van der Waals surface area contributed by atoms with Crippen LogP contribution in [0.2, 0.25) is 0 Å². The first-order chi connectivity index (χ1) is 19.4. The van der Waals surface area contributed by atoms with Crippen molar-refractivity contribution in [2.45, 2.75) is 6.18 Å². The maximum Gasteiger partial charge on any atom is 0.416 e. The number of hydrogen-bond acceptors (Lipinski definition) is 0. The summed E-state index contributed by atoms with van der Waals surface area (Å²) in [4.78, 5) is 0. The fraction of sp³-hybridized carbons (Fsp3) is 0.0270. The molecule has 0 radical (unpaired) electrons. The molecular weight excluding hydrogens is 501 g/mol. The van der Waals surface area contributed by atoms with E-state index < -0.39 is 11.7 Å². The second-order valence-electron chi connectivity index (χ2n) is 10.5. The van der Waals surface area contributed by atoms with Gasteiger partial charge in [-0.25, -0.2) is 0 Å². The van der Waals surface area contributed by atoms with Crippen LogP contribution in [0.25, 0.3) is 76.1 Å². The van der Waals surface area contributed by atoms with Crippen LogP contribution in [0.3, 0.4) is 0 Å². The van der Waals surface area contributed by atoms with Crippen molar-refractivity contribution in [3.05, 3.63) is 133 Å². The third-order valence-corrected chi connectivity index (χ3v) is 8.14. The molecule has 190 valence electrons. The van der Waals surface area contributed by atoms with Gasteiger partial charge in [0.1, 0.15) is 0 Å². The quantitative estimate of drug-likeness (QED) is 0.156. The zero-order valence-corrected chi connectivity index (χ0v) is 21.3. The maximum absolute atomic E-state index is 13.1. The summed E-state index contributed by atoms with van der Waals surface area (Å²) < 4.78 is 39.3. The predicted octanol–water partition coefficient (Wildman–Crippen LogP) is 11.2. The van der Waals surface area contributed by atoms with E-state index in [1.807, 2.05) is 0 Å². The van der Waals surface area contributed by atoms with E-state index >= 15 is 0 Å². The molecule has 0 heterocycles. The molecular formula is C37H21F3. The molecule has 8 aromatic rings. The number of alkyl halides is 3. The second kappa shape index (κ2) is 8.30. The average molecular weight is 523 g/mol. The van der Waals surface area contributed by atoms with Gasteiger partial charge in [0, 0.05) is 0 Å². The third kappa shape index (κ3) is 3.48. The SMILES string of the molecule is FC(F)(F)c1ccc(-c2cc3ccc4cc(-c5c6ccccc6cc6ccccc56)cc5ccc(c2)c3c45)cc1. The molecule has 0 aliphatic rings. The van der Waals surface area contributed by atoms with Gasteiger partial charge in [-0.15, -0.1) is 0 Å². The van der Waals surface area contributed by atoms with Crippen molar-refractivity contribution >= 4 is 53.9 Å². The summed E-state index contributed by atoms with van der Waals surface area (Å²) >= 11 is 0. The van der Waals surface area contributed by atoms with Crippen LogP contribution in [0.1, 0.15) is 5.56 Å². The van der Waals surface area contributed by atoms with Crippen molar-refractivity contribution < 1.29 is 13.2 Å². The van der Waals surface area contributed by atoms with Gasteiger partial charge in [0.05, 0.1) is 5.56 Å². The van der Waals surface area contributed by atoms with Crippen molar-refractivity contribution in [2.75, 3.05) is 0 Å². The predicted molar refractivity (Wildman–Crippen MR) is 161 cm³/mol. The average Bonchev–Trinajstić information content (AvgIpc) is 2.97. The number of rotatable bonds is 2. The van der Waals surface area contributed by atoms with Crippen LogP contribution in [0.4, 0.5) is 13.2 Å². The summed E-state index contributed by atoms with van der Waals surface area (Å²) in [5.41, 5.74) is 3.46. The molecule has 0 atom stereocenters. The Bertz CT molecular complexity index is 2120. The molecule has 3 heteroatoms. The fourth-order valence-electron chi connectivity index (χ4n) is 6.33. The van der Waals surface area contributed by atoms with E-state index in [4.69, 9.17) is 0 Å².